The molecule has 1 amide bonds. The van der Waals surface area contributed by atoms with Gasteiger partial charge in [0, 0.05) is 14.1 Å². The van der Waals surface area contributed by atoms with Gasteiger partial charge in [0.05, 0.1) is 19.2 Å². The van der Waals surface area contributed by atoms with E-state index in [-0.39, 0.29) is 12.5 Å². The minimum atomic E-state index is -0.549. The number of aromatic nitrogens is 1. The molecule has 1 aromatic heterocycles. The van der Waals surface area contributed by atoms with Crippen molar-refractivity contribution >= 4 is 5.91 Å². The van der Waals surface area contributed by atoms with Crippen molar-refractivity contribution < 1.29 is 13.9 Å². The molecule has 1 rings (SSSR count). The summed E-state index contributed by atoms with van der Waals surface area (Å²) in [6.45, 7) is 0.268. The average molecular weight is 212 g/mol. The third kappa shape index (κ3) is 3.93. The smallest absolute Gasteiger partial charge is 0.225 e. The second-order valence-corrected chi connectivity index (χ2v) is 3.20. The lowest BCUT2D eigenvalue weighted by Gasteiger charge is -2.10. The summed E-state index contributed by atoms with van der Waals surface area (Å²) in [4.78, 5) is 16.1. The lowest BCUT2D eigenvalue weighted by Crippen LogP contribution is -2.23. The second kappa shape index (κ2) is 5.29. The van der Waals surface area contributed by atoms with E-state index >= 15 is 0 Å². The summed E-state index contributed by atoms with van der Waals surface area (Å²) >= 11 is 0. The highest BCUT2D eigenvalue weighted by atomic mass is 19.1. The van der Waals surface area contributed by atoms with Gasteiger partial charge in [-0.1, -0.05) is 0 Å². The maximum absolute atomic E-state index is 12.4. The van der Waals surface area contributed by atoms with Crippen LogP contribution in [0.2, 0.25) is 0 Å². The predicted octanol–water partition coefficient (Wildman–Crippen LogP) is 1.08. The van der Waals surface area contributed by atoms with Gasteiger partial charge in [0.2, 0.25) is 11.9 Å². The van der Waals surface area contributed by atoms with Crippen LogP contribution in [0.25, 0.3) is 0 Å². The number of nitrogens with zero attached hydrogens (tertiary/aromatic N) is 2. The molecule has 0 fully saturated rings. The van der Waals surface area contributed by atoms with Crippen LogP contribution in [-0.4, -0.2) is 36.5 Å². The molecule has 0 atom stereocenters. The maximum Gasteiger partial charge on any atom is 0.225 e. The summed E-state index contributed by atoms with van der Waals surface area (Å²) in [5.74, 6) is -0.0975. The van der Waals surface area contributed by atoms with Gasteiger partial charge in [0.1, 0.15) is 5.75 Å². The molecule has 1 aromatic rings. The lowest BCUT2D eigenvalue weighted by atomic mass is 10.4. The van der Waals surface area contributed by atoms with E-state index in [1.54, 1.807) is 14.1 Å². The Morgan fingerprint density at radius 1 is 1.53 bits per heavy atom. The molecule has 0 aliphatic carbocycles. The predicted molar refractivity (Wildman–Crippen MR) is 53.0 cm³/mol. The Morgan fingerprint density at radius 2 is 2.27 bits per heavy atom. The van der Waals surface area contributed by atoms with Crippen molar-refractivity contribution in [1.29, 1.82) is 0 Å². The third-order valence-corrected chi connectivity index (χ3v) is 1.78. The molecule has 0 radical (unpaired) electrons. The summed E-state index contributed by atoms with van der Waals surface area (Å²) in [5.41, 5.74) is 0. The first kappa shape index (κ1) is 11.4. The standard InChI is InChI=1S/C10H13FN2O2/c1-13(2)10(14)5-6-15-8-3-4-9(11)12-7-8/h3-4,7H,5-6H2,1-2H3. The molecule has 82 valence electrons. The van der Waals surface area contributed by atoms with Crippen molar-refractivity contribution in [3.05, 3.63) is 24.3 Å². The van der Waals surface area contributed by atoms with Gasteiger partial charge < -0.3 is 9.64 Å². The molecule has 0 saturated carbocycles. The van der Waals surface area contributed by atoms with Crippen molar-refractivity contribution in [2.24, 2.45) is 0 Å². The highest BCUT2D eigenvalue weighted by molar-refractivity contribution is 5.75. The molecular formula is C10H13FN2O2. The molecule has 15 heavy (non-hydrogen) atoms. The van der Waals surface area contributed by atoms with Gasteiger partial charge in [-0.25, -0.2) is 4.98 Å². The maximum atomic E-state index is 12.4. The van der Waals surface area contributed by atoms with E-state index in [1.807, 2.05) is 0 Å². The van der Waals surface area contributed by atoms with Gasteiger partial charge in [-0.2, -0.15) is 4.39 Å². The third-order valence-electron chi connectivity index (χ3n) is 1.78. The molecule has 0 aliphatic heterocycles. The topological polar surface area (TPSA) is 42.4 Å². The number of hydrogen-bond donors (Lipinski definition) is 0. The first-order valence-electron chi connectivity index (χ1n) is 4.54. The normalized spacial score (nSPS) is 9.80. The Kier molecular flexibility index (Phi) is 4.03. The van der Waals surface area contributed by atoms with E-state index in [0.29, 0.717) is 12.2 Å². The van der Waals surface area contributed by atoms with Gasteiger partial charge in [-0.3, -0.25) is 4.79 Å². The molecule has 0 N–H and O–H groups in total. The minimum absolute atomic E-state index is 0.00919. The number of pyridine rings is 1. The molecule has 4 nitrogen and oxygen atoms in total. The Labute approximate surface area is 87.7 Å². The Bertz CT molecular complexity index is 325. The van der Waals surface area contributed by atoms with E-state index in [1.165, 1.54) is 23.2 Å². The Morgan fingerprint density at radius 3 is 2.80 bits per heavy atom. The molecule has 0 bridgehead atoms. The molecule has 0 saturated heterocycles. The zero-order chi connectivity index (χ0) is 11.3. The fourth-order valence-electron chi connectivity index (χ4n) is 0.927. The summed E-state index contributed by atoms with van der Waals surface area (Å²) < 4.78 is 17.6. The zero-order valence-corrected chi connectivity index (χ0v) is 8.74. The zero-order valence-electron chi connectivity index (χ0n) is 8.74. The minimum Gasteiger partial charge on any atom is -0.491 e. The summed E-state index contributed by atoms with van der Waals surface area (Å²) in [5, 5.41) is 0. The number of ether oxygens (including phenoxy) is 1. The van der Waals surface area contributed by atoms with Crippen molar-refractivity contribution in [2.75, 3.05) is 20.7 Å². The SMILES string of the molecule is CN(C)C(=O)CCOc1ccc(F)nc1. The average Bonchev–Trinajstić information content (AvgIpc) is 2.20. The summed E-state index contributed by atoms with van der Waals surface area (Å²) in [7, 11) is 3.36. The van der Waals surface area contributed by atoms with E-state index in [9.17, 15) is 9.18 Å². The van der Waals surface area contributed by atoms with Crippen LogP contribution < -0.4 is 4.74 Å². The lowest BCUT2D eigenvalue weighted by molar-refractivity contribution is -0.129. The molecule has 0 aliphatic rings. The molecular weight excluding hydrogens is 199 g/mol. The number of carbonyl (C=O) groups excluding carboxylic acids is 1. The van der Waals surface area contributed by atoms with E-state index in [2.05, 4.69) is 4.98 Å². The van der Waals surface area contributed by atoms with Crippen LogP contribution in [0.3, 0.4) is 0 Å². The van der Waals surface area contributed by atoms with Crippen LogP contribution in [0.15, 0.2) is 18.3 Å². The van der Waals surface area contributed by atoms with E-state index in [0.717, 1.165) is 0 Å². The molecule has 0 aromatic carbocycles. The van der Waals surface area contributed by atoms with Gasteiger partial charge in [-0.05, 0) is 12.1 Å². The van der Waals surface area contributed by atoms with Crippen LogP contribution in [0.1, 0.15) is 6.42 Å². The summed E-state index contributed by atoms with van der Waals surface area (Å²) in [6, 6.07) is 2.69. The monoisotopic (exact) mass is 212 g/mol. The van der Waals surface area contributed by atoms with E-state index < -0.39 is 5.95 Å². The van der Waals surface area contributed by atoms with Gasteiger partial charge in [0.25, 0.3) is 0 Å². The first-order valence-corrected chi connectivity index (χ1v) is 4.54. The Balaban J connectivity index is 2.32. The number of carbonyl (C=O) groups is 1. The van der Waals surface area contributed by atoms with Crippen LogP contribution in [0.5, 0.6) is 5.75 Å². The highest BCUT2D eigenvalue weighted by Gasteiger charge is 2.03. The van der Waals surface area contributed by atoms with Gasteiger partial charge >= 0.3 is 0 Å². The van der Waals surface area contributed by atoms with Gasteiger partial charge in [-0.15, -0.1) is 0 Å². The largest absolute Gasteiger partial charge is 0.491 e. The number of hydrogen-bond acceptors (Lipinski definition) is 3. The number of halogens is 1. The fourth-order valence-corrected chi connectivity index (χ4v) is 0.927. The van der Waals surface area contributed by atoms with Crippen LogP contribution in [0.4, 0.5) is 4.39 Å². The van der Waals surface area contributed by atoms with Crippen LogP contribution >= 0.6 is 0 Å². The molecule has 5 heteroatoms. The van der Waals surface area contributed by atoms with Crippen molar-refractivity contribution in [3.63, 3.8) is 0 Å². The molecule has 0 spiro atoms. The molecule has 0 unspecified atom stereocenters. The van der Waals surface area contributed by atoms with Crippen LogP contribution in [-0.2, 0) is 4.79 Å². The highest BCUT2D eigenvalue weighted by Crippen LogP contribution is 2.08. The van der Waals surface area contributed by atoms with Crippen molar-refractivity contribution in [1.82, 2.24) is 9.88 Å². The van der Waals surface area contributed by atoms with E-state index in [4.69, 9.17) is 4.74 Å². The quantitative estimate of drug-likeness (QED) is 0.701. The first-order chi connectivity index (χ1) is 7.09. The number of rotatable bonds is 4. The number of amides is 1. The Hall–Kier alpha value is -1.65. The molecule has 1 heterocycles. The van der Waals surface area contributed by atoms with Crippen LogP contribution in [0, 0.1) is 5.95 Å². The summed E-state index contributed by atoms with van der Waals surface area (Å²) in [6.07, 6.45) is 1.58. The van der Waals surface area contributed by atoms with Gasteiger partial charge in [0.15, 0.2) is 0 Å². The van der Waals surface area contributed by atoms with Crippen molar-refractivity contribution in [3.8, 4) is 5.75 Å². The van der Waals surface area contributed by atoms with Crippen molar-refractivity contribution in [2.45, 2.75) is 6.42 Å². The second-order valence-electron chi connectivity index (χ2n) is 3.20. The fraction of sp³-hybridized carbons (Fsp3) is 0.400.